The van der Waals surface area contributed by atoms with Gasteiger partial charge in [-0.1, -0.05) is 13.3 Å². The summed E-state index contributed by atoms with van der Waals surface area (Å²) < 4.78 is 0. The molecule has 1 aromatic rings. The van der Waals surface area contributed by atoms with E-state index in [0.717, 1.165) is 56.7 Å². The van der Waals surface area contributed by atoms with Crippen LogP contribution in [0.4, 0.5) is 11.8 Å². The van der Waals surface area contributed by atoms with Crippen LogP contribution in [0.3, 0.4) is 0 Å². The third kappa shape index (κ3) is 7.12. The second kappa shape index (κ2) is 12.0. The van der Waals surface area contributed by atoms with E-state index >= 15 is 0 Å². The van der Waals surface area contributed by atoms with Crippen LogP contribution < -0.4 is 16.8 Å². The van der Waals surface area contributed by atoms with Crippen LogP contribution in [0, 0.1) is 6.92 Å². The highest BCUT2D eigenvalue weighted by Gasteiger charge is 2.09. The SMILES string of the molecule is CCCCNc1nc(N)nc(C)c1CCCCN.Cl.Cl. The molecule has 1 rings (SSSR count). The molecule has 0 fully saturated rings. The molecule has 118 valence electrons. The van der Waals surface area contributed by atoms with E-state index in [4.69, 9.17) is 11.5 Å². The van der Waals surface area contributed by atoms with Crippen molar-refractivity contribution in [3.63, 3.8) is 0 Å². The van der Waals surface area contributed by atoms with Gasteiger partial charge in [0.15, 0.2) is 0 Å². The van der Waals surface area contributed by atoms with Crippen LogP contribution in [0.1, 0.15) is 43.9 Å². The molecule has 20 heavy (non-hydrogen) atoms. The van der Waals surface area contributed by atoms with Gasteiger partial charge in [0.05, 0.1) is 0 Å². The van der Waals surface area contributed by atoms with Crippen molar-refractivity contribution in [2.45, 2.75) is 46.0 Å². The third-order valence-corrected chi connectivity index (χ3v) is 2.93. The molecule has 0 radical (unpaired) electrons. The number of nitrogens with zero attached hydrogens (tertiary/aromatic N) is 2. The number of hydrogen-bond donors (Lipinski definition) is 3. The fraction of sp³-hybridized carbons (Fsp3) is 0.692. The Hall–Kier alpha value is -0.780. The highest BCUT2D eigenvalue weighted by molar-refractivity contribution is 5.85. The lowest BCUT2D eigenvalue weighted by Gasteiger charge is -2.13. The zero-order valence-electron chi connectivity index (χ0n) is 12.3. The predicted octanol–water partition coefficient (Wildman–Crippen LogP) is 2.70. The summed E-state index contributed by atoms with van der Waals surface area (Å²) in [5.74, 6) is 1.24. The van der Waals surface area contributed by atoms with Crippen molar-refractivity contribution in [2.24, 2.45) is 5.73 Å². The standard InChI is InChI=1S/C13H25N5.2ClH/c1-3-4-9-16-12-11(7-5-6-8-14)10(2)17-13(15)18-12;;/h3-9,14H2,1-2H3,(H3,15,16,17,18);2*1H. The summed E-state index contributed by atoms with van der Waals surface area (Å²) in [6.45, 7) is 5.81. The number of nitrogens with two attached hydrogens (primary N) is 2. The highest BCUT2D eigenvalue weighted by atomic mass is 35.5. The molecule has 0 spiro atoms. The van der Waals surface area contributed by atoms with E-state index in [1.165, 1.54) is 5.56 Å². The van der Waals surface area contributed by atoms with Gasteiger partial charge < -0.3 is 16.8 Å². The minimum Gasteiger partial charge on any atom is -0.370 e. The van der Waals surface area contributed by atoms with Gasteiger partial charge >= 0.3 is 0 Å². The molecule has 0 bridgehead atoms. The number of aromatic nitrogens is 2. The minimum atomic E-state index is 0. The number of aryl methyl sites for hydroxylation is 1. The number of rotatable bonds is 8. The van der Waals surface area contributed by atoms with Crippen molar-refractivity contribution < 1.29 is 0 Å². The van der Waals surface area contributed by atoms with Crippen LogP contribution in [0.25, 0.3) is 0 Å². The van der Waals surface area contributed by atoms with Gasteiger partial charge in [0.2, 0.25) is 5.95 Å². The smallest absolute Gasteiger partial charge is 0.222 e. The largest absolute Gasteiger partial charge is 0.370 e. The first-order chi connectivity index (χ1) is 8.69. The lowest BCUT2D eigenvalue weighted by molar-refractivity contribution is 0.736. The van der Waals surface area contributed by atoms with Crippen LogP contribution in [0.15, 0.2) is 0 Å². The maximum atomic E-state index is 5.71. The van der Waals surface area contributed by atoms with Crippen LogP contribution in [-0.4, -0.2) is 23.1 Å². The fourth-order valence-electron chi connectivity index (χ4n) is 1.89. The minimum absolute atomic E-state index is 0. The Labute approximate surface area is 134 Å². The van der Waals surface area contributed by atoms with Crippen LogP contribution >= 0.6 is 24.8 Å². The van der Waals surface area contributed by atoms with Gasteiger partial charge in [0, 0.05) is 17.8 Å². The molecule has 0 unspecified atom stereocenters. The molecule has 7 heteroatoms. The van der Waals surface area contributed by atoms with Gasteiger partial charge in [-0.05, 0) is 39.2 Å². The van der Waals surface area contributed by atoms with Gasteiger partial charge in [-0.2, -0.15) is 4.98 Å². The molecule has 0 saturated carbocycles. The maximum absolute atomic E-state index is 5.71. The number of unbranched alkanes of at least 4 members (excludes halogenated alkanes) is 2. The molecule has 0 amide bonds. The van der Waals surface area contributed by atoms with E-state index < -0.39 is 0 Å². The highest BCUT2D eigenvalue weighted by Crippen LogP contribution is 2.19. The van der Waals surface area contributed by atoms with Crippen molar-refractivity contribution in [2.75, 3.05) is 24.1 Å². The summed E-state index contributed by atoms with van der Waals surface area (Å²) in [7, 11) is 0. The lowest BCUT2D eigenvalue weighted by atomic mass is 10.1. The van der Waals surface area contributed by atoms with Crippen molar-refractivity contribution in [1.29, 1.82) is 0 Å². The number of halogens is 2. The molecule has 0 aliphatic heterocycles. The molecule has 5 N–H and O–H groups in total. The molecular formula is C13H27Cl2N5. The molecule has 0 saturated heterocycles. The molecule has 5 nitrogen and oxygen atoms in total. The van der Waals surface area contributed by atoms with Crippen molar-refractivity contribution >= 4 is 36.6 Å². The summed E-state index contributed by atoms with van der Waals surface area (Å²) in [6, 6.07) is 0. The Morgan fingerprint density at radius 1 is 1.10 bits per heavy atom. The molecule has 0 aliphatic rings. The second-order valence-corrected chi connectivity index (χ2v) is 4.52. The summed E-state index contributed by atoms with van der Waals surface area (Å²) in [4.78, 5) is 8.55. The molecule has 1 aromatic heterocycles. The van der Waals surface area contributed by atoms with Crippen LogP contribution in [-0.2, 0) is 6.42 Å². The normalized spacial score (nSPS) is 9.55. The number of nitrogen functional groups attached to an aromatic ring is 1. The van der Waals surface area contributed by atoms with Gasteiger partial charge in [0.25, 0.3) is 0 Å². The van der Waals surface area contributed by atoms with Crippen molar-refractivity contribution in [1.82, 2.24) is 9.97 Å². The quantitative estimate of drug-likeness (QED) is 0.640. The summed E-state index contributed by atoms with van der Waals surface area (Å²) in [5, 5.41) is 3.36. The average Bonchev–Trinajstić information content (AvgIpc) is 2.32. The monoisotopic (exact) mass is 323 g/mol. The first kappa shape index (κ1) is 21.5. The second-order valence-electron chi connectivity index (χ2n) is 4.52. The Morgan fingerprint density at radius 2 is 1.80 bits per heavy atom. The summed E-state index contributed by atoms with van der Waals surface area (Å²) in [5.41, 5.74) is 13.4. The zero-order valence-corrected chi connectivity index (χ0v) is 13.9. The Kier molecular flexibility index (Phi) is 12.9. The Bertz CT molecular complexity index is 374. The van der Waals surface area contributed by atoms with Crippen LogP contribution in [0.5, 0.6) is 0 Å². The molecule has 0 aliphatic carbocycles. The van der Waals surface area contributed by atoms with E-state index in [1.54, 1.807) is 0 Å². The topological polar surface area (TPSA) is 89.8 Å². The van der Waals surface area contributed by atoms with E-state index in [0.29, 0.717) is 5.95 Å². The summed E-state index contributed by atoms with van der Waals surface area (Å²) in [6.07, 6.45) is 5.34. The zero-order chi connectivity index (χ0) is 13.4. The number of anilines is 2. The van der Waals surface area contributed by atoms with E-state index in [2.05, 4.69) is 22.2 Å². The third-order valence-electron chi connectivity index (χ3n) is 2.93. The lowest BCUT2D eigenvalue weighted by Crippen LogP contribution is -2.11. The van der Waals surface area contributed by atoms with Crippen molar-refractivity contribution in [3.05, 3.63) is 11.3 Å². The fourth-order valence-corrected chi connectivity index (χ4v) is 1.89. The van der Waals surface area contributed by atoms with E-state index in [-0.39, 0.29) is 24.8 Å². The Balaban J connectivity index is 0. The van der Waals surface area contributed by atoms with E-state index in [9.17, 15) is 0 Å². The molecule has 0 atom stereocenters. The van der Waals surface area contributed by atoms with Gasteiger partial charge in [-0.3, -0.25) is 0 Å². The van der Waals surface area contributed by atoms with Crippen LogP contribution in [0.2, 0.25) is 0 Å². The first-order valence-electron chi connectivity index (χ1n) is 6.76. The molecule has 0 aromatic carbocycles. The van der Waals surface area contributed by atoms with Crippen molar-refractivity contribution in [3.8, 4) is 0 Å². The van der Waals surface area contributed by atoms with Gasteiger partial charge in [-0.25, -0.2) is 4.98 Å². The van der Waals surface area contributed by atoms with Gasteiger partial charge in [0.1, 0.15) is 5.82 Å². The van der Waals surface area contributed by atoms with Gasteiger partial charge in [-0.15, -0.1) is 24.8 Å². The predicted molar refractivity (Wildman–Crippen MR) is 91.1 cm³/mol. The number of hydrogen-bond acceptors (Lipinski definition) is 5. The number of nitrogens with one attached hydrogen (secondary N) is 1. The van der Waals surface area contributed by atoms with E-state index in [1.807, 2.05) is 6.92 Å². The first-order valence-corrected chi connectivity index (χ1v) is 6.76. The maximum Gasteiger partial charge on any atom is 0.222 e. The summed E-state index contributed by atoms with van der Waals surface area (Å²) >= 11 is 0. The average molecular weight is 324 g/mol. The molecular weight excluding hydrogens is 297 g/mol. The Morgan fingerprint density at radius 3 is 2.40 bits per heavy atom. The molecule has 1 heterocycles.